The molecular formula is C12H12N2O4. The van der Waals surface area contributed by atoms with Crippen molar-refractivity contribution in [2.24, 2.45) is 0 Å². The highest BCUT2D eigenvalue weighted by molar-refractivity contribution is 5.91. The molecule has 0 aliphatic carbocycles. The largest absolute Gasteiger partial charge is 0.469 e. The third-order valence-corrected chi connectivity index (χ3v) is 2.55. The van der Waals surface area contributed by atoms with Crippen molar-refractivity contribution in [1.82, 2.24) is 9.38 Å². The number of hydrogen-bond donors (Lipinski definition) is 0. The van der Waals surface area contributed by atoms with Gasteiger partial charge in [0.15, 0.2) is 5.69 Å². The summed E-state index contributed by atoms with van der Waals surface area (Å²) in [5.74, 6) is -1.01. The number of hydrogen-bond acceptors (Lipinski definition) is 5. The monoisotopic (exact) mass is 248 g/mol. The van der Waals surface area contributed by atoms with Gasteiger partial charge in [-0.1, -0.05) is 6.07 Å². The fraction of sp³-hybridized carbons (Fsp3) is 0.250. The van der Waals surface area contributed by atoms with Crippen LogP contribution in [0.3, 0.4) is 0 Å². The van der Waals surface area contributed by atoms with Crippen LogP contribution in [0.4, 0.5) is 0 Å². The molecule has 2 rings (SSSR count). The van der Waals surface area contributed by atoms with Crippen LogP contribution < -0.4 is 0 Å². The first-order valence-corrected chi connectivity index (χ1v) is 5.28. The molecule has 0 saturated heterocycles. The highest BCUT2D eigenvalue weighted by atomic mass is 16.5. The van der Waals surface area contributed by atoms with Crippen LogP contribution in [-0.2, 0) is 20.7 Å². The van der Waals surface area contributed by atoms with Crippen molar-refractivity contribution in [2.75, 3.05) is 14.2 Å². The van der Waals surface area contributed by atoms with E-state index in [-0.39, 0.29) is 12.1 Å². The molecule has 0 unspecified atom stereocenters. The fourth-order valence-corrected chi connectivity index (χ4v) is 1.68. The molecule has 0 atom stereocenters. The second-order valence-corrected chi connectivity index (χ2v) is 3.58. The lowest BCUT2D eigenvalue weighted by atomic mass is 10.2. The van der Waals surface area contributed by atoms with E-state index < -0.39 is 11.9 Å². The topological polar surface area (TPSA) is 69.9 Å². The summed E-state index contributed by atoms with van der Waals surface area (Å²) < 4.78 is 10.9. The Kier molecular flexibility index (Phi) is 3.27. The molecule has 2 heterocycles. The Bertz CT molecular complexity index is 603. The number of aromatic nitrogens is 2. The number of imidazole rings is 1. The molecular weight excluding hydrogens is 236 g/mol. The average molecular weight is 248 g/mol. The summed E-state index contributed by atoms with van der Waals surface area (Å²) >= 11 is 0. The lowest BCUT2D eigenvalue weighted by Gasteiger charge is -2.02. The third kappa shape index (κ3) is 2.04. The maximum atomic E-state index is 11.6. The van der Waals surface area contributed by atoms with Gasteiger partial charge in [0.05, 0.1) is 26.3 Å². The molecule has 0 radical (unpaired) electrons. The SMILES string of the molecule is COC(=O)Cc1c(C(=O)OC)nc2ccccn12. The average Bonchev–Trinajstić information content (AvgIpc) is 2.77. The van der Waals surface area contributed by atoms with Crippen molar-refractivity contribution >= 4 is 17.6 Å². The molecule has 0 saturated carbocycles. The van der Waals surface area contributed by atoms with E-state index in [0.29, 0.717) is 11.3 Å². The van der Waals surface area contributed by atoms with Crippen molar-refractivity contribution in [1.29, 1.82) is 0 Å². The molecule has 0 fully saturated rings. The van der Waals surface area contributed by atoms with Crippen LogP contribution in [0.1, 0.15) is 16.2 Å². The van der Waals surface area contributed by atoms with Gasteiger partial charge in [-0.2, -0.15) is 0 Å². The highest BCUT2D eigenvalue weighted by Crippen LogP contribution is 2.14. The molecule has 0 amide bonds. The minimum atomic E-state index is -0.572. The van der Waals surface area contributed by atoms with Crippen LogP contribution in [0.5, 0.6) is 0 Å². The molecule has 0 N–H and O–H groups in total. The normalized spacial score (nSPS) is 10.3. The Morgan fingerprint density at radius 3 is 2.72 bits per heavy atom. The smallest absolute Gasteiger partial charge is 0.358 e. The number of esters is 2. The molecule has 6 heteroatoms. The molecule has 0 aliphatic rings. The summed E-state index contributed by atoms with van der Waals surface area (Å²) in [7, 11) is 2.57. The maximum Gasteiger partial charge on any atom is 0.358 e. The number of carbonyl (C=O) groups is 2. The van der Waals surface area contributed by atoms with Gasteiger partial charge in [-0.05, 0) is 12.1 Å². The zero-order chi connectivity index (χ0) is 13.1. The Hall–Kier alpha value is -2.37. The van der Waals surface area contributed by atoms with E-state index in [0.717, 1.165) is 0 Å². The number of rotatable bonds is 3. The van der Waals surface area contributed by atoms with Gasteiger partial charge in [0.2, 0.25) is 0 Å². The van der Waals surface area contributed by atoms with Crippen LogP contribution in [0, 0.1) is 0 Å². The molecule has 0 aliphatic heterocycles. The summed E-state index contributed by atoms with van der Waals surface area (Å²) in [5.41, 5.74) is 1.18. The molecule has 18 heavy (non-hydrogen) atoms. The third-order valence-electron chi connectivity index (χ3n) is 2.55. The summed E-state index contributed by atoms with van der Waals surface area (Å²) in [6.07, 6.45) is 1.69. The molecule has 6 nitrogen and oxygen atoms in total. The van der Waals surface area contributed by atoms with Crippen molar-refractivity contribution in [3.63, 3.8) is 0 Å². The van der Waals surface area contributed by atoms with Gasteiger partial charge < -0.3 is 13.9 Å². The standard InChI is InChI=1S/C12H12N2O4/c1-17-10(15)7-8-11(12(16)18-2)13-9-5-3-4-6-14(8)9/h3-6H,7H2,1-2H3. The van der Waals surface area contributed by atoms with Crippen LogP contribution in [-0.4, -0.2) is 35.5 Å². The predicted molar refractivity (Wildman–Crippen MR) is 62.3 cm³/mol. The van der Waals surface area contributed by atoms with E-state index in [1.165, 1.54) is 14.2 Å². The van der Waals surface area contributed by atoms with Gasteiger partial charge in [-0.3, -0.25) is 4.79 Å². The Morgan fingerprint density at radius 2 is 2.06 bits per heavy atom. The molecule has 94 valence electrons. The minimum absolute atomic E-state index is 0.0356. The second-order valence-electron chi connectivity index (χ2n) is 3.58. The van der Waals surface area contributed by atoms with Crippen molar-refractivity contribution in [2.45, 2.75) is 6.42 Å². The number of fused-ring (bicyclic) bond motifs is 1. The van der Waals surface area contributed by atoms with Crippen molar-refractivity contribution in [3.8, 4) is 0 Å². The molecule has 0 aromatic carbocycles. The van der Waals surface area contributed by atoms with E-state index >= 15 is 0 Å². The van der Waals surface area contributed by atoms with Crippen LogP contribution in [0.15, 0.2) is 24.4 Å². The van der Waals surface area contributed by atoms with Crippen LogP contribution in [0.2, 0.25) is 0 Å². The summed E-state index contributed by atoms with van der Waals surface area (Å²) in [6, 6.07) is 5.33. The number of methoxy groups -OCH3 is 2. The van der Waals surface area contributed by atoms with Gasteiger partial charge >= 0.3 is 11.9 Å². The number of ether oxygens (including phenoxy) is 2. The Morgan fingerprint density at radius 1 is 1.28 bits per heavy atom. The van der Waals surface area contributed by atoms with Gasteiger partial charge in [0.1, 0.15) is 5.65 Å². The molecule has 0 bridgehead atoms. The summed E-state index contributed by atoms with van der Waals surface area (Å²) in [4.78, 5) is 27.1. The second kappa shape index (κ2) is 4.87. The first-order chi connectivity index (χ1) is 8.67. The molecule has 0 spiro atoms. The van der Waals surface area contributed by atoms with Gasteiger partial charge in [0, 0.05) is 6.20 Å². The molecule has 2 aromatic heterocycles. The first kappa shape index (κ1) is 12.1. The maximum absolute atomic E-state index is 11.6. The van der Waals surface area contributed by atoms with E-state index in [2.05, 4.69) is 14.5 Å². The summed E-state index contributed by atoms with van der Waals surface area (Å²) in [5, 5.41) is 0. The predicted octanol–water partition coefficient (Wildman–Crippen LogP) is 0.836. The van der Waals surface area contributed by atoms with Crippen molar-refractivity contribution < 1.29 is 19.1 Å². The highest BCUT2D eigenvalue weighted by Gasteiger charge is 2.21. The van der Waals surface area contributed by atoms with Gasteiger partial charge in [-0.25, -0.2) is 9.78 Å². The zero-order valence-electron chi connectivity index (χ0n) is 10.0. The van der Waals surface area contributed by atoms with Crippen LogP contribution >= 0.6 is 0 Å². The van der Waals surface area contributed by atoms with E-state index in [1.807, 2.05) is 0 Å². The minimum Gasteiger partial charge on any atom is -0.469 e. The van der Waals surface area contributed by atoms with E-state index in [4.69, 9.17) is 0 Å². The zero-order valence-corrected chi connectivity index (χ0v) is 10.0. The quantitative estimate of drug-likeness (QED) is 0.753. The summed E-state index contributed by atoms with van der Waals surface area (Å²) in [6.45, 7) is 0. The first-order valence-electron chi connectivity index (χ1n) is 5.28. The Labute approximate surface area is 103 Å². The van der Waals surface area contributed by atoms with Crippen molar-refractivity contribution in [3.05, 3.63) is 35.8 Å². The van der Waals surface area contributed by atoms with E-state index in [9.17, 15) is 9.59 Å². The lowest BCUT2D eigenvalue weighted by molar-refractivity contribution is -0.139. The molecule has 2 aromatic rings. The number of carbonyl (C=O) groups excluding carboxylic acids is 2. The number of pyridine rings is 1. The number of nitrogens with zero attached hydrogens (tertiary/aromatic N) is 2. The lowest BCUT2D eigenvalue weighted by Crippen LogP contribution is -2.12. The van der Waals surface area contributed by atoms with Gasteiger partial charge in [-0.15, -0.1) is 0 Å². The van der Waals surface area contributed by atoms with Gasteiger partial charge in [0.25, 0.3) is 0 Å². The fourth-order valence-electron chi connectivity index (χ4n) is 1.68. The Balaban J connectivity index is 2.57. The van der Waals surface area contributed by atoms with Crippen LogP contribution in [0.25, 0.3) is 5.65 Å². The van der Waals surface area contributed by atoms with E-state index in [1.54, 1.807) is 28.8 Å².